The summed E-state index contributed by atoms with van der Waals surface area (Å²) < 4.78 is 19.5. The molecule has 2 aromatic rings. The molecule has 0 bridgehead atoms. The number of anilines is 3. The highest BCUT2D eigenvalue weighted by molar-refractivity contribution is 5.91. The van der Waals surface area contributed by atoms with Crippen molar-refractivity contribution in [3.8, 4) is 11.1 Å². The Morgan fingerprint density at radius 3 is 2.52 bits per heavy atom. The maximum Gasteiger partial charge on any atom is 0.407 e. The third-order valence-corrected chi connectivity index (χ3v) is 5.21. The molecule has 1 aliphatic heterocycles. The van der Waals surface area contributed by atoms with Gasteiger partial charge >= 0.3 is 6.09 Å². The summed E-state index contributed by atoms with van der Waals surface area (Å²) in [6, 6.07) is 4.95. The minimum Gasteiger partial charge on any atom is -0.444 e. The molecule has 8 heteroatoms. The molecule has 1 saturated heterocycles. The smallest absolute Gasteiger partial charge is 0.407 e. The molecule has 0 spiro atoms. The molecule has 1 aromatic heterocycles. The summed E-state index contributed by atoms with van der Waals surface area (Å²) in [5, 5.41) is 5.97. The predicted octanol–water partition coefficient (Wildman–Crippen LogP) is 4.31. The molecule has 4 N–H and O–H groups in total. The number of rotatable bonds is 4. The molecule has 3 rings (SSSR count). The minimum absolute atomic E-state index is 0.0257. The maximum atomic E-state index is 14.1. The van der Waals surface area contributed by atoms with Crippen LogP contribution in [0, 0.1) is 12.7 Å². The molecular formula is C23H32FN5O2. The Balaban J connectivity index is 1.83. The van der Waals surface area contributed by atoms with E-state index in [9.17, 15) is 9.18 Å². The Labute approximate surface area is 183 Å². The van der Waals surface area contributed by atoms with Crippen LogP contribution in [0.4, 0.5) is 26.4 Å². The van der Waals surface area contributed by atoms with E-state index in [0.29, 0.717) is 24.6 Å². The van der Waals surface area contributed by atoms with Gasteiger partial charge in [0.25, 0.3) is 0 Å². The Hall–Kier alpha value is -3.03. The lowest BCUT2D eigenvalue weighted by Gasteiger charge is -2.36. The molecule has 0 unspecified atom stereocenters. The zero-order valence-corrected chi connectivity index (χ0v) is 18.9. The standard InChI is InChI=1S/C23H32FN5O2/c1-14-10-15(12-16(24)11-14)18-13-27-21(26-5)19(25)20(18)29-8-6-17(7-9-29)28-22(30)31-23(2,3)4/h10-13,17H,6-9,25H2,1-5H3,(H,26,27)(H,28,30). The van der Waals surface area contributed by atoms with Crippen LogP contribution in [0.15, 0.2) is 24.4 Å². The van der Waals surface area contributed by atoms with Crippen molar-refractivity contribution < 1.29 is 13.9 Å². The second-order valence-electron chi connectivity index (χ2n) is 8.96. The lowest BCUT2D eigenvalue weighted by atomic mass is 9.98. The van der Waals surface area contributed by atoms with E-state index in [1.54, 1.807) is 13.2 Å². The number of nitrogens with one attached hydrogen (secondary N) is 2. The molecule has 0 atom stereocenters. The van der Waals surface area contributed by atoms with Crippen molar-refractivity contribution in [3.63, 3.8) is 0 Å². The van der Waals surface area contributed by atoms with Crippen molar-refractivity contribution in [1.82, 2.24) is 10.3 Å². The van der Waals surface area contributed by atoms with Gasteiger partial charge < -0.3 is 26.0 Å². The van der Waals surface area contributed by atoms with Crippen LogP contribution < -0.4 is 21.3 Å². The van der Waals surface area contributed by atoms with Crippen molar-refractivity contribution in [2.24, 2.45) is 0 Å². The first-order valence-corrected chi connectivity index (χ1v) is 10.6. The number of pyridine rings is 1. The molecule has 0 aliphatic carbocycles. The van der Waals surface area contributed by atoms with Crippen LogP contribution in [0.25, 0.3) is 11.1 Å². The summed E-state index contributed by atoms with van der Waals surface area (Å²) in [4.78, 5) is 18.7. The number of amides is 1. The first-order valence-electron chi connectivity index (χ1n) is 10.6. The van der Waals surface area contributed by atoms with E-state index in [2.05, 4.69) is 20.5 Å². The molecule has 7 nitrogen and oxygen atoms in total. The summed E-state index contributed by atoms with van der Waals surface area (Å²) >= 11 is 0. The average Bonchev–Trinajstić information content (AvgIpc) is 2.66. The maximum absolute atomic E-state index is 14.1. The van der Waals surface area contributed by atoms with Crippen LogP contribution in [-0.4, -0.2) is 42.9 Å². The Kier molecular flexibility index (Phi) is 6.57. The van der Waals surface area contributed by atoms with Crippen LogP contribution in [0.3, 0.4) is 0 Å². The number of carbonyl (C=O) groups is 1. The van der Waals surface area contributed by atoms with Crippen LogP contribution in [0.2, 0.25) is 0 Å². The number of nitrogens with zero attached hydrogens (tertiary/aromatic N) is 2. The molecular weight excluding hydrogens is 397 g/mol. The largest absolute Gasteiger partial charge is 0.444 e. The van der Waals surface area contributed by atoms with Gasteiger partial charge in [0.1, 0.15) is 11.4 Å². The highest BCUT2D eigenvalue weighted by atomic mass is 19.1. The highest BCUT2D eigenvalue weighted by Gasteiger charge is 2.27. The number of alkyl carbamates (subject to hydrolysis) is 1. The zero-order chi connectivity index (χ0) is 22.8. The molecule has 1 aromatic carbocycles. The lowest BCUT2D eigenvalue weighted by molar-refractivity contribution is 0.0497. The fourth-order valence-corrected chi connectivity index (χ4v) is 3.88. The van der Waals surface area contributed by atoms with Gasteiger partial charge in [0.15, 0.2) is 5.82 Å². The van der Waals surface area contributed by atoms with E-state index in [1.807, 2.05) is 33.8 Å². The second-order valence-corrected chi connectivity index (χ2v) is 8.96. The number of hydrogen-bond donors (Lipinski definition) is 3. The van der Waals surface area contributed by atoms with Crippen LogP contribution >= 0.6 is 0 Å². The number of aryl methyl sites for hydroxylation is 1. The fourth-order valence-electron chi connectivity index (χ4n) is 3.88. The summed E-state index contributed by atoms with van der Waals surface area (Å²) in [5.41, 5.74) is 9.66. The number of halogens is 1. The van der Waals surface area contributed by atoms with Gasteiger partial charge in [-0.15, -0.1) is 0 Å². The molecule has 1 aliphatic rings. The Bertz CT molecular complexity index is 929. The van der Waals surface area contributed by atoms with Crippen LogP contribution in [0.1, 0.15) is 39.2 Å². The summed E-state index contributed by atoms with van der Waals surface area (Å²) in [5.74, 6) is 0.290. The number of piperidine rings is 1. The van der Waals surface area contributed by atoms with Gasteiger partial charge in [0, 0.05) is 37.9 Å². The number of benzene rings is 1. The number of carbonyl (C=O) groups excluding carboxylic acids is 1. The SMILES string of the molecule is CNc1ncc(-c2cc(C)cc(F)c2)c(N2CCC(NC(=O)OC(C)(C)C)CC2)c1N. The number of nitrogens with two attached hydrogens (primary N) is 1. The summed E-state index contributed by atoms with van der Waals surface area (Å²) in [7, 11) is 1.77. The number of ether oxygens (including phenoxy) is 1. The van der Waals surface area contributed by atoms with Gasteiger partial charge in [0.2, 0.25) is 0 Å². The highest BCUT2D eigenvalue weighted by Crippen LogP contribution is 2.40. The van der Waals surface area contributed by atoms with Gasteiger partial charge in [-0.2, -0.15) is 0 Å². The first kappa shape index (κ1) is 22.7. The first-order chi connectivity index (χ1) is 14.6. The van der Waals surface area contributed by atoms with Gasteiger partial charge in [0.05, 0.1) is 11.4 Å². The predicted molar refractivity (Wildman–Crippen MR) is 123 cm³/mol. The molecule has 1 fully saturated rings. The van der Waals surface area contributed by atoms with Crippen molar-refractivity contribution >= 4 is 23.3 Å². The molecule has 1 amide bonds. The molecule has 0 saturated carbocycles. The topological polar surface area (TPSA) is 92.5 Å². The van der Waals surface area contributed by atoms with Gasteiger partial charge in [-0.05, 0) is 63.8 Å². The molecule has 2 heterocycles. The zero-order valence-electron chi connectivity index (χ0n) is 18.9. The van der Waals surface area contributed by atoms with Crippen molar-refractivity contribution in [2.45, 2.75) is 52.2 Å². The molecule has 168 valence electrons. The van der Waals surface area contributed by atoms with Crippen LogP contribution in [-0.2, 0) is 4.74 Å². The number of hydrogen-bond acceptors (Lipinski definition) is 6. The van der Waals surface area contributed by atoms with Crippen molar-refractivity contribution in [1.29, 1.82) is 0 Å². The summed E-state index contributed by atoms with van der Waals surface area (Å²) in [6.45, 7) is 8.78. The fraction of sp³-hybridized carbons (Fsp3) is 0.478. The molecule has 0 radical (unpaired) electrons. The van der Waals surface area contributed by atoms with Crippen molar-refractivity contribution in [3.05, 3.63) is 35.8 Å². The number of aromatic nitrogens is 1. The van der Waals surface area contributed by atoms with E-state index in [0.717, 1.165) is 35.2 Å². The second kappa shape index (κ2) is 8.99. The van der Waals surface area contributed by atoms with E-state index in [4.69, 9.17) is 10.5 Å². The van der Waals surface area contributed by atoms with E-state index >= 15 is 0 Å². The molecule has 31 heavy (non-hydrogen) atoms. The van der Waals surface area contributed by atoms with E-state index in [1.165, 1.54) is 12.1 Å². The Morgan fingerprint density at radius 2 is 1.94 bits per heavy atom. The van der Waals surface area contributed by atoms with Gasteiger partial charge in [-0.1, -0.05) is 6.07 Å². The number of nitrogen functional groups attached to an aromatic ring is 1. The lowest BCUT2D eigenvalue weighted by Crippen LogP contribution is -2.46. The quantitative estimate of drug-likeness (QED) is 0.671. The van der Waals surface area contributed by atoms with Crippen molar-refractivity contribution in [2.75, 3.05) is 36.1 Å². The third kappa shape index (κ3) is 5.57. The van der Waals surface area contributed by atoms with Crippen LogP contribution in [0.5, 0.6) is 0 Å². The van der Waals surface area contributed by atoms with E-state index in [-0.39, 0.29) is 11.9 Å². The third-order valence-electron chi connectivity index (χ3n) is 5.21. The minimum atomic E-state index is -0.530. The van der Waals surface area contributed by atoms with Gasteiger partial charge in [-0.25, -0.2) is 14.2 Å². The average molecular weight is 430 g/mol. The monoisotopic (exact) mass is 429 g/mol. The normalized spacial score (nSPS) is 15.0. The van der Waals surface area contributed by atoms with Gasteiger partial charge in [-0.3, -0.25) is 0 Å². The Morgan fingerprint density at radius 1 is 1.26 bits per heavy atom. The summed E-state index contributed by atoms with van der Waals surface area (Å²) in [6.07, 6.45) is 2.83. The van der Waals surface area contributed by atoms with E-state index < -0.39 is 11.7 Å².